The van der Waals surface area contributed by atoms with Gasteiger partial charge in [0.05, 0.1) is 5.92 Å². The fraction of sp³-hybridized carbons (Fsp3) is 0.625. The summed E-state index contributed by atoms with van der Waals surface area (Å²) in [6.07, 6.45) is 4.05. The van der Waals surface area contributed by atoms with E-state index in [-0.39, 0.29) is 36.2 Å². The molecule has 1 aromatic rings. The largest absolute Gasteiger partial charge is 0.455 e. The third-order valence-electron chi connectivity index (χ3n) is 7.27. The molecule has 1 aliphatic heterocycles. The van der Waals surface area contributed by atoms with Gasteiger partial charge in [0.1, 0.15) is 5.78 Å². The van der Waals surface area contributed by atoms with Crippen molar-refractivity contribution in [2.24, 2.45) is 17.8 Å². The van der Waals surface area contributed by atoms with E-state index in [0.29, 0.717) is 31.7 Å². The average molecular weight is 413 g/mol. The van der Waals surface area contributed by atoms with Crippen LogP contribution in [0.4, 0.5) is 5.69 Å². The van der Waals surface area contributed by atoms with Gasteiger partial charge >= 0.3 is 5.97 Å². The van der Waals surface area contributed by atoms with Crippen molar-refractivity contribution in [3.63, 3.8) is 0 Å². The molecule has 30 heavy (non-hydrogen) atoms. The lowest BCUT2D eigenvalue weighted by atomic mass is 9.67. The topological polar surface area (TPSA) is 66.9 Å². The van der Waals surface area contributed by atoms with Crippen LogP contribution < -0.4 is 4.90 Å². The molecule has 1 heterocycles. The molecule has 2 bridgehead atoms. The van der Waals surface area contributed by atoms with Crippen LogP contribution in [0.3, 0.4) is 0 Å². The summed E-state index contributed by atoms with van der Waals surface area (Å²) in [5, 5.41) is 0. The van der Waals surface area contributed by atoms with E-state index in [0.717, 1.165) is 32.4 Å². The van der Waals surface area contributed by atoms with Crippen LogP contribution in [0, 0.1) is 31.6 Å². The highest BCUT2D eigenvalue weighted by molar-refractivity contribution is 5.88. The van der Waals surface area contributed by atoms with Crippen LogP contribution in [-0.4, -0.2) is 55.3 Å². The second-order valence-corrected chi connectivity index (χ2v) is 9.09. The SMILES string of the molecule is Cc1cccc(N2CCN(C(=O)COC(=O)C3C[C@H]4CCC[C@@H](C3)C4=O)CC2)c1C. The summed E-state index contributed by atoms with van der Waals surface area (Å²) in [4.78, 5) is 41.4. The number of carbonyl (C=O) groups is 3. The van der Waals surface area contributed by atoms with Crippen LogP contribution in [0.5, 0.6) is 0 Å². The molecule has 4 rings (SSSR count). The number of ketones is 1. The average Bonchev–Trinajstić information content (AvgIpc) is 2.73. The van der Waals surface area contributed by atoms with E-state index in [2.05, 4.69) is 36.9 Å². The van der Waals surface area contributed by atoms with Gasteiger partial charge in [0, 0.05) is 43.7 Å². The zero-order valence-corrected chi connectivity index (χ0v) is 18.1. The number of piperazine rings is 1. The number of rotatable bonds is 4. The van der Waals surface area contributed by atoms with E-state index in [1.807, 2.05) is 0 Å². The van der Waals surface area contributed by atoms with Gasteiger partial charge in [-0.2, -0.15) is 0 Å². The molecule has 3 atom stereocenters. The summed E-state index contributed by atoms with van der Waals surface area (Å²) in [5.74, 6) is -0.291. The van der Waals surface area contributed by atoms with E-state index >= 15 is 0 Å². The number of esters is 1. The Morgan fingerprint density at radius 2 is 1.70 bits per heavy atom. The minimum Gasteiger partial charge on any atom is -0.455 e. The molecule has 6 heteroatoms. The number of fused-ring (bicyclic) bond motifs is 2. The molecule has 1 aromatic carbocycles. The Morgan fingerprint density at radius 1 is 1.03 bits per heavy atom. The van der Waals surface area contributed by atoms with Crippen LogP contribution in [0.2, 0.25) is 0 Å². The highest BCUT2D eigenvalue weighted by atomic mass is 16.5. The van der Waals surface area contributed by atoms with Gasteiger partial charge in [-0.15, -0.1) is 0 Å². The molecule has 1 amide bonds. The normalized spacial score (nSPS) is 26.5. The van der Waals surface area contributed by atoms with Crippen molar-refractivity contribution in [3.05, 3.63) is 29.3 Å². The molecule has 1 unspecified atom stereocenters. The summed E-state index contributed by atoms with van der Waals surface area (Å²) >= 11 is 0. The predicted molar refractivity (Wildman–Crippen MR) is 114 cm³/mol. The first-order valence-electron chi connectivity index (χ1n) is 11.2. The third-order valence-corrected chi connectivity index (χ3v) is 7.27. The van der Waals surface area contributed by atoms with Gasteiger partial charge in [0.15, 0.2) is 6.61 Å². The first-order valence-corrected chi connectivity index (χ1v) is 11.2. The molecule has 3 aliphatic rings. The lowest BCUT2D eigenvalue weighted by Crippen LogP contribution is -2.50. The van der Waals surface area contributed by atoms with E-state index in [1.165, 1.54) is 16.8 Å². The van der Waals surface area contributed by atoms with Gasteiger partial charge < -0.3 is 14.5 Å². The van der Waals surface area contributed by atoms with Crippen molar-refractivity contribution >= 4 is 23.3 Å². The molecule has 0 spiro atoms. The Morgan fingerprint density at radius 3 is 2.37 bits per heavy atom. The molecule has 6 nitrogen and oxygen atoms in total. The summed E-state index contributed by atoms with van der Waals surface area (Å²) in [5.41, 5.74) is 3.78. The summed E-state index contributed by atoms with van der Waals surface area (Å²) in [6.45, 7) is 6.87. The van der Waals surface area contributed by atoms with Gasteiger partial charge in [-0.3, -0.25) is 14.4 Å². The Balaban J connectivity index is 1.25. The van der Waals surface area contributed by atoms with Crippen LogP contribution >= 0.6 is 0 Å². The zero-order chi connectivity index (χ0) is 21.3. The summed E-state index contributed by atoms with van der Waals surface area (Å²) in [6, 6.07) is 6.32. The van der Waals surface area contributed by atoms with Crippen molar-refractivity contribution in [1.29, 1.82) is 0 Å². The molecule has 2 aliphatic carbocycles. The number of Topliss-reactive ketones (excluding diaryl/α,β-unsaturated/α-hetero) is 1. The maximum atomic E-state index is 12.6. The number of aryl methyl sites for hydroxylation is 1. The molecule has 2 saturated carbocycles. The maximum Gasteiger partial charge on any atom is 0.309 e. The van der Waals surface area contributed by atoms with Crippen LogP contribution in [0.25, 0.3) is 0 Å². The molecule has 0 aromatic heterocycles. The number of amides is 1. The lowest BCUT2D eigenvalue weighted by Gasteiger charge is -2.37. The van der Waals surface area contributed by atoms with E-state index in [4.69, 9.17) is 4.74 Å². The van der Waals surface area contributed by atoms with E-state index in [1.54, 1.807) is 4.90 Å². The standard InChI is InChI=1S/C24H32N2O4/c1-16-5-3-8-21(17(16)2)25-9-11-26(12-10-25)22(27)15-30-24(29)20-13-18-6-4-7-19(14-20)23(18)28/h3,5,8,18-20H,4,6-7,9-15H2,1-2H3/t18-,19+,20?. The van der Waals surface area contributed by atoms with Gasteiger partial charge in [0.2, 0.25) is 0 Å². The smallest absolute Gasteiger partial charge is 0.309 e. The number of hydrogen-bond acceptors (Lipinski definition) is 5. The Hall–Kier alpha value is -2.37. The molecule has 1 saturated heterocycles. The first-order chi connectivity index (χ1) is 14.4. The quantitative estimate of drug-likeness (QED) is 0.712. The maximum absolute atomic E-state index is 12.6. The second-order valence-electron chi connectivity index (χ2n) is 9.09. The predicted octanol–water partition coefficient (Wildman–Crippen LogP) is 2.89. The molecule has 0 N–H and O–H groups in total. The van der Waals surface area contributed by atoms with Crippen molar-refractivity contribution in [3.8, 4) is 0 Å². The number of ether oxygens (including phenoxy) is 1. The van der Waals surface area contributed by atoms with Crippen molar-refractivity contribution in [2.75, 3.05) is 37.7 Å². The van der Waals surface area contributed by atoms with Crippen LogP contribution in [0.15, 0.2) is 18.2 Å². The molecule has 0 radical (unpaired) electrons. The van der Waals surface area contributed by atoms with Gasteiger partial charge in [0.25, 0.3) is 5.91 Å². The fourth-order valence-electron chi connectivity index (χ4n) is 5.29. The zero-order valence-electron chi connectivity index (χ0n) is 18.1. The monoisotopic (exact) mass is 412 g/mol. The number of nitrogens with zero attached hydrogens (tertiary/aromatic N) is 2. The third kappa shape index (κ3) is 4.23. The van der Waals surface area contributed by atoms with Crippen molar-refractivity contribution in [1.82, 2.24) is 4.90 Å². The van der Waals surface area contributed by atoms with Crippen LogP contribution in [0.1, 0.15) is 43.2 Å². The number of carbonyl (C=O) groups excluding carboxylic acids is 3. The van der Waals surface area contributed by atoms with E-state index in [9.17, 15) is 14.4 Å². The number of hydrogen-bond donors (Lipinski definition) is 0. The van der Waals surface area contributed by atoms with Gasteiger partial charge in [-0.25, -0.2) is 0 Å². The van der Waals surface area contributed by atoms with Crippen molar-refractivity contribution < 1.29 is 19.1 Å². The van der Waals surface area contributed by atoms with Crippen LogP contribution in [-0.2, 0) is 19.1 Å². The van der Waals surface area contributed by atoms with Crippen molar-refractivity contribution in [2.45, 2.75) is 46.0 Å². The first kappa shape index (κ1) is 20.9. The fourth-order valence-corrected chi connectivity index (χ4v) is 5.29. The Labute approximate surface area is 178 Å². The molecule has 3 fully saturated rings. The summed E-state index contributed by atoms with van der Waals surface area (Å²) < 4.78 is 5.39. The number of benzene rings is 1. The molecular formula is C24H32N2O4. The van der Waals surface area contributed by atoms with Gasteiger partial charge in [-0.05, 0) is 56.7 Å². The number of anilines is 1. The highest BCUT2D eigenvalue weighted by Gasteiger charge is 2.42. The van der Waals surface area contributed by atoms with E-state index < -0.39 is 0 Å². The molecule has 162 valence electrons. The molecular weight excluding hydrogens is 380 g/mol. The minimum atomic E-state index is -0.304. The highest BCUT2D eigenvalue weighted by Crippen LogP contribution is 2.40. The Bertz CT molecular complexity index is 812. The lowest BCUT2D eigenvalue weighted by molar-refractivity contribution is -0.159. The summed E-state index contributed by atoms with van der Waals surface area (Å²) in [7, 11) is 0. The second kappa shape index (κ2) is 8.78. The van der Waals surface area contributed by atoms with Gasteiger partial charge in [-0.1, -0.05) is 18.6 Å². The Kier molecular flexibility index (Phi) is 6.11. The minimum absolute atomic E-state index is 0.0175.